The summed E-state index contributed by atoms with van der Waals surface area (Å²) in [6.07, 6.45) is 1.28. The van der Waals surface area contributed by atoms with E-state index < -0.39 is 6.04 Å². The molecular formula is C28H34N4O3. The lowest BCUT2D eigenvalue weighted by molar-refractivity contribution is -0.126. The second kappa shape index (κ2) is 10.2. The Morgan fingerprint density at radius 2 is 1.77 bits per heavy atom. The molecule has 1 N–H and O–H groups in total. The van der Waals surface area contributed by atoms with Crippen LogP contribution in [0.5, 0.6) is 5.75 Å². The van der Waals surface area contributed by atoms with Crippen molar-refractivity contribution in [3.8, 4) is 5.75 Å². The molecule has 35 heavy (non-hydrogen) atoms. The van der Waals surface area contributed by atoms with E-state index in [1.54, 1.807) is 4.90 Å². The molecule has 2 aromatic rings. The summed E-state index contributed by atoms with van der Waals surface area (Å²) in [7, 11) is 0. The second-order valence-corrected chi connectivity index (χ2v) is 9.68. The summed E-state index contributed by atoms with van der Waals surface area (Å²) in [6, 6.07) is 13.7. The highest BCUT2D eigenvalue weighted by Crippen LogP contribution is 2.34. The number of likely N-dealkylation sites (N-methyl/N-ethyl adjacent to an activating group) is 1. The summed E-state index contributed by atoms with van der Waals surface area (Å²) < 4.78 is 6.22. The fourth-order valence-electron chi connectivity index (χ4n) is 5.27. The Labute approximate surface area is 207 Å². The Kier molecular flexibility index (Phi) is 6.88. The molecule has 0 aromatic heterocycles. The van der Waals surface area contributed by atoms with E-state index in [-0.39, 0.29) is 11.8 Å². The lowest BCUT2D eigenvalue weighted by Gasteiger charge is -2.34. The maximum absolute atomic E-state index is 13.1. The van der Waals surface area contributed by atoms with Gasteiger partial charge in [0.2, 0.25) is 5.91 Å². The first-order valence-corrected chi connectivity index (χ1v) is 12.6. The van der Waals surface area contributed by atoms with E-state index in [0.717, 1.165) is 50.4 Å². The number of benzene rings is 2. The van der Waals surface area contributed by atoms with Crippen LogP contribution in [-0.4, -0.2) is 65.3 Å². The van der Waals surface area contributed by atoms with Crippen LogP contribution in [0, 0.1) is 0 Å². The molecular weight excluding hydrogens is 440 g/mol. The van der Waals surface area contributed by atoms with Crippen LogP contribution in [0.4, 0.5) is 0 Å². The predicted octanol–water partition coefficient (Wildman–Crippen LogP) is 3.15. The molecule has 0 saturated carbocycles. The molecule has 3 aliphatic rings. The molecule has 0 bridgehead atoms. The highest BCUT2D eigenvalue weighted by Gasteiger charge is 2.39. The van der Waals surface area contributed by atoms with E-state index in [1.165, 1.54) is 5.56 Å². The van der Waals surface area contributed by atoms with Crippen LogP contribution < -0.4 is 10.1 Å². The molecule has 1 atom stereocenters. The number of hydrogen-bond acceptors (Lipinski definition) is 5. The number of nitrogens with zero attached hydrogens (tertiary/aromatic N) is 3. The first-order valence-electron chi connectivity index (χ1n) is 12.6. The summed E-state index contributed by atoms with van der Waals surface area (Å²) in [5.41, 5.74) is 4.60. The van der Waals surface area contributed by atoms with Crippen molar-refractivity contribution in [1.82, 2.24) is 20.0 Å². The lowest BCUT2D eigenvalue weighted by atomic mass is 10.0. The number of hydrogen-bond donors (Lipinski definition) is 1. The summed E-state index contributed by atoms with van der Waals surface area (Å²) in [5, 5.41) is 2.79. The van der Waals surface area contributed by atoms with Gasteiger partial charge in [-0.3, -0.25) is 14.5 Å². The number of rotatable bonds is 7. The highest BCUT2D eigenvalue weighted by atomic mass is 16.5. The fourth-order valence-corrected chi connectivity index (χ4v) is 5.27. The van der Waals surface area contributed by atoms with Crippen LogP contribution in [0.15, 0.2) is 54.7 Å². The van der Waals surface area contributed by atoms with Gasteiger partial charge < -0.3 is 19.9 Å². The van der Waals surface area contributed by atoms with E-state index >= 15 is 0 Å². The van der Waals surface area contributed by atoms with Gasteiger partial charge in [0.1, 0.15) is 18.4 Å². The lowest BCUT2D eigenvalue weighted by Crippen LogP contribution is -2.49. The standard InChI is InChI=1S/C28H34N4O3/c1-3-30-12-14-31(15-13-30)17-21-6-4-7-22(16-21)19-35-26-9-5-8-23-24(26)18-32(28(23)34)25-11-10-20(2)29-27(25)33/h4-9,16,25H,2-3,10-15,17-19H2,1H3,(H,29,33). The number of carbonyl (C=O) groups excluding carboxylic acids is 2. The maximum atomic E-state index is 13.1. The fraction of sp³-hybridized carbons (Fsp3) is 0.429. The molecule has 0 aliphatic carbocycles. The third-order valence-electron chi connectivity index (χ3n) is 7.36. The highest BCUT2D eigenvalue weighted by molar-refractivity contribution is 6.02. The third kappa shape index (κ3) is 5.11. The minimum Gasteiger partial charge on any atom is -0.489 e. The number of carbonyl (C=O) groups is 2. The molecule has 5 rings (SSSR count). The first-order chi connectivity index (χ1) is 17.0. The van der Waals surface area contributed by atoms with Crippen LogP contribution in [0.25, 0.3) is 0 Å². The van der Waals surface area contributed by atoms with E-state index in [1.807, 2.05) is 18.2 Å². The van der Waals surface area contributed by atoms with Gasteiger partial charge in [-0.05, 0) is 42.6 Å². The molecule has 2 aromatic carbocycles. The first kappa shape index (κ1) is 23.6. The van der Waals surface area contributed by atoms with Crippen molar-refractivity contribution in [2.75, 3.05) is 32.7 Å². The maximum Gasteiger partial charge on any atom is 0.255 e. The quantitative estimate of drug-likeness (QED) is 0.668. The van der Waals surface area contributed by atoms with E-state index in [9.17, 15) is 9.59 Å². The molecule has 1 unspecified atom stereocenters. The molecule has 184 valence electrons. The average Bonchev–Trinajstić information content (AvgIpc) is 3.20. The van der Waals surface area contributed by atoms with E-state index in [4.69, 9.17) is 4.74 Å². The zero-order valence-corrected chi connectivity index (χ0v) is 20.5. The van der Waals surface area contributed by atoms with Crippen molar-refractivity contribution < 1.29 is 14.3 Å². The summed E-state index contributed by atoms with van der Waals surface area (Å²) >= 11 is 0. The number of fused-ring (bicyclic) bond motifs is 1. The molecule has 3 aliphatic heterocycles. The number of amides is 2. The molecule has 0 radical (unpaired) electrons. The van der Waals surface area contributed by atoms with Gasteiger partial charge in [0.05, 0.1) is 6.54 Å². The number of nitrogens with one attached hydrogen (secondary N) is 1. The normalized spacial score (nSPS) is 21.2. The Morgan fingerprint density at radius 1 is 1.03 bits per heavy atom. The SMILES string of the molecule is C=C1CCC(N2Cc3c(OCc4cccc(CN5CCN(CC)CC5)c4)cccc3C2=O)C(=O)N1. The molecule has 0 spiro atoms. The molecule has 7 nitrogen and oxygen atoms in total. The van der Waals surface area contributed by atoms with E-state index in [2.05, 4.69) is 52.9 Å². The van der Waals surface area contributed by atoms with Gasteiger partial charge in [0.25, 0.3) is 5.91 Å². The van der Waals surface area contributed by atoms with Gasteiger partial charge in [0, 0.05) is 49.5 Å². The minimum atomic E-state index is -0.468. The van der Waals surface area contributed by atoms with Gasteiger partial charge >= 0.3 is 0 Å². The Hall–Kier alpha value is -3.16. The monoisotopic (exact) mass is 474 g/mol. The summed E-state index contributed by atoms with van der Waals surface area (Å²) in [4.78, 5) is 32.2. The van der Waals surface area contributed by atoms with Crippen molar-refractivity contribution >= 4 is 11.8 Å². The van der Waals surface area contributed by atoms with Crippen LogP contribution in [0.2, 0.25) is 0 Å². The molecule has 2 amide bonds. The number of piperidine rings is 1. The number of piperazine rings is 1. The summed E-state index contributed by atoms with van der Waals surface area (Å²) in [6.45, 7) is 13.4. The minimum absolute atomic E-state index is 0.108. The zero-order valence-electron chi connectivity index (χ0n) is 20.5. The number of ether oxygens (including phenoxy) is 1. The van der Waals surface area contributed by atoms with Crippen molar-refractivity contribution in [1.29, 1.82) is 0 Å². The molecule has 2 saturated heterocycles. The van der Waals surface area contributed by atoms with E-state index in [0.29, 0.717) is 43.0 Å². The second-order valence-electron chi connectivity index (χ2n) is 9.68. The molecule has 7 heteroatoms. The zero-order chi connectivity index (χ0) is 24.4. The Balaban J connectivity index is 1.23. The summed E-state index contributed by atoms with van der Waals surface area (Å²) in [5.74, 6) is 0.446. The van der Waals surface area contributed by atoms with Gasteiger partial charge in [-0.15, -0.1) is 0 Å². The van der Waals surface area contributed by atoms with Crippen LogP contribution >= 0.6 is 0 Å². The molecule has 3 heterocycles. The van der Waals surface area contributed by atoms with Crippen LogP contribution in [-0.2, 0) is 24.5 Å². The Morgan fingerprint density at radius 3 is 2.54 bits per heavy atom. The van der Waals surface area contributed by atoms with Crippen LogP contribution in [0.3, 0.4) is 0 Å². The van der Waals surface area contributed by atoms with Gasteiger partial charge in [-0.1, -0.05) is 43.8 Å². The Bertz CT molecular complexity index is 1120. The van der Waals surface area contributed by atoms with Gasteiger partial charge in [-0.25, -0.2) is 0 Å². The van der Waals surface area contributed by atoms with Crippen LogP contribution in [0.1, 0.15) is 46.8 Å². The number of allylic oxidation sites excluding steroid dienone is 1. The van der Waals surface area contributed by atoms with Crippen molar-refractivity contribution in [3.05, 3.63) is 77.0 Å². The smallest absolute Gasteiger partial charge is 0.255 e. The van der Waals surface area contributed by atoms with Crippen molar-refractivity contribution in [3.63, 3.8) is 0 Å². The van der Waals surface area contributed by atoms with Crippen molar-refractivity contribution in [2.45, 2.75) is 45.5 Å². The predicted molar refractivity (Wildman–Crippen MR) is 135 cm³/mol. The third-order valence-corrected chi connectivity index (χ3v) is 7.36. The van der Waals surface area contributed by atoms with Gasteiger partial charge in [0.15, 0.2) is 0 Å². The molecule has 2 fully saturated rings. The topological polar surface area (TPSA) is 65.1 Å². The average molecular weight is 475 g/mol. The largest absolute Gasteiger partial charge is 0.489 e. The van der Waals surface area contributed by atoms with Crippen molar-refractivity contribution in [2.24, 2.45) is 0 Å². The van der Waals surface area contributed by atoms with Gasteiger partial charge in [-0.2, -0.15) is 0 Å².